The summed E-state index contributed by atoms with van der Waals surface area (Å²) in [5.41, 5.74) is 5.76. The first-order chi connectivity index (χ1) is 13.2. The van der Waals surface area contributed by atoms with Crippen molar-refractivity contribution in [1.82, 2.24) is 4.98 Å². The maximum Gasteiger partial charge on any atom is 0.411 e. The van der Waals surface area contributed by atoms with Crippen molar-refractivity contribution in [2.75, 3.05) is 11.9 Å². The number of nitrogens with one attached hydrogen (secondary N) is 1. The third-order valence-corrected chi connectivity index (χ3v) is 5.29. The Balaban J connectivity index is 1.50. The average molecular weight is 425 g/mol. The van der Waals surface area contributed by atoms with E-state index in [2.05, 4.69) is 50.5 Å². The van der Waals surface area contributed by atoms with Crippen molar-refractivity contribution in [1.29, 1.82) is 0 Å². The summed E-state index contributed by atoms with van der Waals surface area (Å²) in [5.74, 6) is 0.00786. The molecule has 0 spiro atoms. The van der Waals surface area contributed by atoms with E-state index < -0.39 is 6.09 Å². The second kappa shape index (κ2) is 7.50. The number of hydrogen-bond donors (Lipinski definition) is 2. The van der Waals surface area contributed by atoms with Crippen molar-refractivity contribution in [3.8, 4) is 11.1 Å². The summed E-state index contributed by atoms with van der Waals surface area (Å²) < 4.78 is 5.99. The Morgan fingerprint density at radius 1 is 1.11 bits per heavy atom. The van der Waals surface area contributed by atoms with Gasteiger partial charge in [0.25, 0.3) is 0 Å². The molecular weight excluding hydrogens is 408 g/mol. The van der Waals surface area contributed by atoms with Gasteiger partial charge in [-0.15, -0.1) is 0 Å². The quantitative estimate of drug-likeness (QED) is 0.595. The number of pyridine rings is 1. The highest BCUT2D eigenvalue weighted by Crippen LogP contribution is 2.44. The van der Waals surface area contributed by atoms with Crippen LogP contribution in [0.1, 0.15) is 22.6 Å². The molecule has 1 amide bonds. The molecule has 4 rings (SSSR count). The van der Waals surface area contributed by atoms with Gasteiger partial charge in [-0.2, -0.15) is 0 Å². The van der Waals surface area contributed by atoms with Crippen LogP contribution in [0.25, 0.3) is 11.1 Å². The molecule has 1 aliphatic carbocycles. The van der Waals surface area contributed by atoms with E-state index in [4.69, 9.17) is 4.74 Å². The minimum absolute atomic E-state index is 0.00786. The van der Waals surface area contributed by atoms with Crippen molar-refractivity contribution in [3.05, 3.63) is 82.1 Å². The number of nitrogens with zero attached hydrogens (tertiary/aromatic N) is 1. The Morgan fingerprint density at radius 2 is 1.74 bits per heavy atom. The van der Waals surface area contributed by atoms with Gasteiger partial charge in [0, 0.05) is 12.1 Å². The number of ether oxygens (including phenoxy) is 1. The van der Waals surface area contributed by atoms with Crippen LogP contribution < -0.4 is 5.32 Å². The highest BCUT2D eigenvalue weighted by molar-refractivity contribution is 9.10. The highest BCUT2D eigenvalue weighted by Gasteiger charge is 2.29. The molecule has 0 bridgehead atoms. The van der Waals surface area contributed by atoms with E-state index >= 15 is 0 Å². The number of hydrogen-bond acceptors (Lipinski definition) is 4. The van der Waals surface area contributed by atoms with E-state index in [0.29, 0.717) is 15.9 Å². The summed E-state index contributed by atoms with van der Waals surface area (Å²) in [6.07, 6.45) is 0.974. The van der Waals surface area contributed by atoms with Crippen LogP contribution in [0.4, 0.5) is 10.5 Å². The summed E-state index contributed by atoms with van der Waals surface area (Å²) >= 11 is 3.29. The maximum atomic E-state index is 12.3. The number of aliphatic hydroxyl groups is 1. The number of carbonyl (C=O) groups is 1. The van der Waals surface area contributed by atoms with Crippen molar-refractivity contribution in [2.45, 2.75) is 12.5 Å². The van der Waals surface area contributed by atoms with Gasteiger partial charge in [-0.1, -0.05) is 48.5 Å². The van der Waals surface area contributed by atoms with Crippen molar-refractivity contribution < 1.29 is 14.6 Å². The van der Waals surface area contributed by atoms with Crippen LogP contribution >= 0.6 is 15.9 Å². The van der Waals surface area contributed by atoms with Crippen LogP contribution in [-0.4, -0.2) is 22.8 Å². The van der Waals surface area contributed by atoms with Crippen molar-refractivity contribution in [2.24, 2.45) is 0 Å². The molecule has 0 aliphatic heterocycles. The molecule has 0 unspecified atom stereocenters. The lowest BCUT2D eigenvalue weighted by Crippen LogP contribution is -2.18. The summed E-state index contributed by atoms with van der Waals surface area (Å²) in [5, 5.41) is 11.9. The second-order valence-corrected chi connectivity index (χ2v) is 7.04. The van der Waals surface area contributed by atoms with Crippen LogP contribution in [0.15, 0.2) is 65.4 Å². The largest absolute Gasteiger partial charge is 0.448 e. The molecule has 1 heterocycles. The van der Waals surface area contributed by atoms with Gasteiger partial charge in [-0.25, -0.2) is 9.78 Å². The number of carbonyl (C=O) groups excluding carboxylic acids is 1. The first-order valence-electron chi connectivity index (χ1n) is 8.54. The minimum atomic E-state index is -0.561. The fourth-order valence-corrected chi connectivity index (χ4v) is 3.73. The molecule has 0 radical (unpaired) electrons. The number of amides is 1. The standard InChI is InChI=1S/C21H17BrN2O3/c22-20-19(9-13(11-25)10-23-20)24-21(26)27-12-18-16-7-3-1-5-14(16)15-6-2-4-8-17(15)18/h1-10,18,25H,11-12H2,(H,24,26). The normalized spacial score (nSPS) is 12.4. The molecule has 0 saturated heterocycles. The number of halogens is 1. The zero-order chi connectivity index (χ0) is 18.8. The molecule has 3 aromatic rings. The summed E-state index contributed by atoms with van der Waals surface area (Å²) in [7, 11) is 0. The number of fused-ring (bicyclic) bond motifs is 3. The maximum absolute atomic E-state index is 12.3. The SMILES string of the molecule is O=C(Nc1cc(CO)cnc1Br)OCC1c2ccccc2-c2ccccc21. The summed E-state index contributed by atoms with van der Waals surface area (Å²) in [6.45, 7) is 0.0875. The number of aromatic nitrogens is 1. The van der Waals surface area contributed by atoms with Gasteiger partial charge in [0.2, 0.25) is 0 Å². The van der Waals surface area contributed by atoms with E-state index in [1.165, 1.54) is 17.3 Å². The van der Waals surface area contributed by atoms with Crippen LogP contribution in [0.3, 0.4) is 0 Å². The lowest BCUT2D eigenvalue weighted by Gasteiger charge is -2.15. The molecule has 5 nitrogen and oxygen atoms in total. The van der Waals surface area contributed by atoms with Gasteiger partial charge < -0.3 is 9.84 Å². The van der Waals surface area contributed by atoms with Gasteiger partial charge in [0.15, 0.2) is 0 Å². The Kier molecular flexibility index (Phi) is 4.92. The van der Waals surface area contributed by atoms with Crippen LogP contribution in [0, 0.1) is 0 Å². The Morgan fingerprint density at radius 3 is 2.37 bits per heavy atom. The Hall–Kier alpha value is -2.70. The lowest BCUT2D eigenvalue weighted by atomic mass is 9.98. The van der Waals surface area contributed by atoms with Gasteiger partial charge in [0.1, 0.15) is 11.2 Å². The first-order valence-corrected chi connectivity index (χ1v) is 9.34. The lowest BCUT2D eigenvalue weighted by molar-refractivity contribution is 0.158. The van der Waals surface area contributed by atoms with Crippen molar-refractivity contribution >= 4 is 27.7 Å². The number of anilines is 1. The van der Waals surface area contributed by atoms with Crippen LogP contribution in [-0.2, 0) is 11.3 Å². The molecule has 1 aliphatic rings. The molecule has 27 heavy (non-hydrogen) atoms. The predicted molar refractivity (Wildman–Crippen MR) is 107 cm³/mol. The molecule has 2 N–H and O–H groups in total. The summed E-state index contributed by atoms with van der Waals surface area (Å²) in [4.78, 5) is 16.4. The zero-order valence-electron chi connectivity index (χ0n) is 14.4. The number of benzene rings is 2. The zero-order valence-corrected chi connectivity index (χ0v) is 15.9. The fraction of sp³-hybridized carbons (Fsp3) is 0.143. The Labute approximate surface area is 165 Å². The second-order valence-electron chi connectivity index (χ2n) is 6.29. The Bertz CT molecular complexity index is 961. The van der Waals surface area contributed by atoms with Crippen LogP contribution in [0.5, 0.6) is 0 Å². The van der Waals surface area contributed by atoms with Crippen molar-refractivity contribution in [3.63, 3.8) is 0 Å². The van der Waals surface area contributed by atoms with E-state index in [9.17, 15) is 9.90 Å². The first kappa shape index (κ1) is 17.7. The van der Waals surface area contributed by atoms with Gasteiger partial charge >= 0.3 is 6.09 Å². The molecule has 0 saturated carbocycles. The monoisotopic (exact) mass is 424 g/mol. The fourth-order valence-electron chi connectivity index (χ4n) is 3.41. The number of rotatable bonds is 4. The molecule has 136 valence electrons. The topological polar surface area (TPSA) is 71.5 Å². The molecule has 1 aromatic heterocycles. The molecular formula is C21H17BrN2O3. The molecule has 0 atom stereocenters. The van der Waals surface area contributed by atoms with Gasteiger partial charge in [0.05, 0.1) is 12.3 Å². The third kappa shape index (κ3) is 3.46. The minimum Gasteiger partial charge on any atom is -0.448 e. The van der Waals surface area contributed by atoms with E-state index in [1.54, 1.807) is 6.07 Å². The molecule has 2 aromatic carbocycles. The van der Waals surface area contributed by atoms with E-state index in [0.717, 1.165) is 11.1 Å². The molecule has 6 heteroatoms. The van der Waals surface area contributed by atoms with Gasteiger partial charge in [-0.05, 0) is 49.8 Å². The summed E-state index contributed by atoms with van der Waals surface area (Å²) in [6, 6.07) is 18.0. The average Bonchev–Trinajstić information content (AvgIpc) is 3.02. The highest BCUT2D eigenvalue weighted by atomic mass is 79.9. The third-order valence-electron chi connectivity index (χ3n) is 4.66. The predicted octanol–water partition coefficient (Wildman–Crippen LogP) is 4.70. The molecule has 0 fully saturated rings. The smallest absolute Gasteiger partial charge is 0.411 e. The van der Waals surface area contributed by atoms with E-state index in [1.807, 2.05) is 24.3 Å². The van der Waals surface area contributed by atoms with Crippen LogP contribution in [0.2, 0.25) is 0 Å². The number of aliphatic hydroxyl groups excluding tert-OH is 1. The van der Waals surface area contributed by atoms with Gasteiger partial charge in [-0.3, -0.25) is 5.32 Å². The van der Waals surface area contributed by atoms with E-state index in [-0.39, 0.29) is 19.1 Å².